The van der Waals surface area contributed by atoms with Crippen LogP contribution in [0.15, 0.2) is 0 Å². The van der Waals surface area contributed by atoms with Crippen LogP contribution < -0.4 is 0 Å². The van der Waals surface area contributed by atoms with Crippen LogP contribution in [0.3, 0.4) is 0 Å². The van der Waals surface area contributed by atoms with Crippen molar-refractivity contribution in [3.8, 4) is 0 Å². The van der Waals surface area contributed by atoms with Gasteiger partial charge >= 0.3 is 29.3 Å². The molecule has 0 aromatic heterocycles. The number of quaternary nitrogens is 1. The number of hydrogen-bond acceptors (Lipinski definition) is 7. The summed E-state index contributed by atoms with van der Waals surface area (Å²) in [4.78, 5) is 0. The molecule has 2 aliphatic heterocycles. The van der Waals surface area contributed by atoms with Gasteiger partial charge in [0.2, 0.25) is 0 Å². The standard InChI is InChI=1S/C5H14B4NO7/c1-10(2,3)4-5-12-7-15-8-13-6(11)14-9(16-7)17-8/h11H,4-5H2,1-3H3/q+1. The van der Waals surface area contributed by atoms with Crippen LogP contribution in [0, 0.1) is 0 Å². The molecule has 8 nitrogen and oxygen atoms in total. The van der Waals surface area contributed by atoms with E-state index >= 15 is 0 Å². The van der Waals surface area contributed by atoms with Crippen LogP contribution in [0.4, 0.5) is 0 Å². The van der Waals surface area contributed by atoms with E-state index in [-0.39, 0.29) is 0 Å². The number of nitrogens with zero attached hydrogens (tertiary/aromatic N) is 1. The van der Waals surface area contributed by atoms with E-state index in [1.165, 1.54) is 0 Å². The molecule has 0 aromatic rings. The quantitative estimate of drug-likeness (QED) is 0.442. The fraction of sp³-hybridized carbons (Fsp3) is 1.00. The van der Waals surface area contributed by atoms with Gasteiger partial charge in [-0.1, -0.05) is 0 Å². The highest BCUT2D eigenvalue weighted by Gasteiger charge is 2.53. The highest BCUT2D eigenvalue weighted by atomic mass is 16.9. The van der Waals surface area contributed by atoms with Crippen LogP contribution >= 0.6 is 0 Å². The van der Waals surface area contributed by atoms with Crippen molar-refractivity contribution in [2.24, 2.45) is 0 Å². The second kappa shape index (κ2) is 5.29. The highest BCUT2D eigenvalue weighted by Crippen LogP contribution is 2.16. The monoisotopic (exact) mass is 244 g/mol. The third kappa shape index (κ3) is 4.27. The summed E-state index contributed by atoms with van der Waals surface area (Å²) in [7, 11) is 1.74. The molecule has 0 aliphatic carbocycles. The average molecular weight is 243 g/mol. The second-order valence-electron chi connectivity index (χ2n) is 4.74. The maximum Gasteiger partial charge on any atom is 0.615 e. The van der Waals surface area contributed by atoms with E-state index in [1.54, 1.807) is 0 Å². The average Bonchev–Trinajstić information content (AvgIpc) is 2.13. The molecule has 0 spiro atoms. The summed E-state index contributed by atoms with van der Waals surface area (Å²) >= 11 is 0. The third-order valence-electron chi connectivity index (χ3n) is 2.14. The molecule has 92 valence electrons. The molecule has 2 aliphatic rings. The van der Waals surface area contributed by atoms with E-state index in [4.69, 9.17) is 32.5 Å². The van der Waals surface area contributed by atoms with Crippen LogP contribution in [0.5, 0.6) is 0 Å². The first kappa shape index (κ1) is 13.4. The van der Waals surface area contributed by atoms with Gasteiger partial charge in [-0.3, -0.25) is 0 Å². The van der Waals surface area contributed by atoms with E-state index in [9.17, 15) is 0 Å². The molecule has 0 saturated carbocycles. The fourth-order valence-electron chi connectivity index (χ4n) is 1.22. The minimum absolute atomic E-state index is 0.455. The zero-order chi connectivity index (χ0) is 12.5. The minimum atomic E-state index is -1.41. The molecule has 2 fully saturated rings. The molecule has 0 unspecified atom stereocenters. The van der Waals surface area contributed by atoms with E-state index in [1.807, 2.05) is 21.1 Å². The van der Waals surface area contributed by atoms with Crippen LogP contribution in [0.25, 0.3) is 0 Å². The Labute approximate surface area is 101 Å². The van der Waals surface area contributed by atoms with Gasteiger partial charge in [0.05, 0.1) is 27.7 Å². The molecule has 0 aromatic carbocycles. The van der Waals surface area contributed by atoms with Crippen LogP contribution in [-0.2, 0) is 27.5 Å². The molecule has 1 N–H and O–H groups in total. The topological polar surface area (TPSA) is 75.6 Å². The van der Waals surface area contributed by atoms with Crippen molar-refractivity contribution in [3.05, 3.63) is 0 Å². The number of fused-ring (bicyclic) bond motifs is 2. The Hall–Kier alpha value is -0.0603. The molecular formula is C5H14B4NO7+. The first-order valence-corrected chi connectivity index (χ1v) is 5.30. The Balaban J connectivity index is 1.73. The minimum Gasteiger partial charge on any atom is -0.403 e. The molecular weight excluding hydrogens is 229 g/mol. The Morgan fingerprint density at radius 1 is 1.00 bits per heavy atom. The number of rotatable bonds is 4. The molecule has 2 saturated heterocycles. The zero-order valence-electron chi connectivity index (χ0n) is 10.1. The Morgan fingerprint density at radius 3 is 2.12 bits per heavy atom. The third-order valence-corrected chi connectivity index (χ3v) is 2.14. The first-order valence-electron chi connectivity index (χ1n) is 5.30. The summed E-state index contributed by atoms with van der Waals surface area (Å²) in [6.45, 7) is 1.25. The van der Waals surface area contributed by atoms with E-state index < -0.39 is 29.3 Å². The van der Waals surface area contributed by atoms with Crippen molar-refractivity contribution in [3.63, 3.8) is 0 Å². The SMILES string of the molecule is C[N+](C)(C)CCOB1OB2OB(O)OB(O1)O2. The highest BCUT2D eigenvalue weighted by molar-refractivity contribution is 6.74. The van der Waals surface area contributed by atoms with Gasteiger partial charge in [0.15, 0.2) is 0 Å². The summed E-state index contributed by atoms with van der Waals surface area (Å²) in [5.74, 6) is 0. The number of hydrogen-bond donors (Lipinski definition) is 1. The van der Waals surface area contributed by atoms with Crippen molar-refractivity contribution >= 4 is 29.3 Å². The zero-order valence-corrected chi connectivity index (χ0v) is 10.1. The van der Waals surface area contributed by atoms with Gasteiger partial charge < -0.3 is 37.0 Å². The molecule has 2 bridgehead atoms. The molecule has 2 heterocycles. The molecule has 0 atom stereocenters. The van der Waals surface area contributed by atoms with Gasteiger partial charge in [-0.05, 0) is 0 Å². The van der Waals surface area contributed by atoms with Gasteiger partial charge in [0, 0.05) is 0 Å². The van der Waals surface area contributed by atoms with Crippen molar-refractivity contribution in [2.75, 3.05) is 34.3 Å². The first-order chi connectivity index (χ1) is 7.92. The summed E-state index contributed by atoms with van der Waals surface area (Å²) < 4.78 is 30.8. The Bertz CT molecular complexity index is 247. The lowest BCUT2D eigenvalue weighted by Gasteiger charge is -2.33. The predicted molar refractivity (Wildman–Crippen MR) is 59.5 cm³/mol. The number of likely N-dealkylation sites (N-methyl/N-ethyl adjacent to an activating group) is 1. The molecule has 2 rings (SSSR count). The lowest BCUT2D eigenvalue weighted by atomic mass is 9.90. The van der Waals surface area contributed by atoms with Crippen LogP contribution in [-0.4, -0.2) is 73.1 Å². The van der Waals surface area contributed by atoms with Crippen molar-refractivity contribution < 1.29 is 37.0 Å². The van der Waals surface area contributed by atoms with Crippen molar-refractivity contribution in [2.45, 2.75) is 0 Å². The van der Waals surface area contributed by atoms with Gasteiger partial charge in [-0.2, -0.15) is 0 Å². The second-order valence-corrected chi connectivity index (χ2v) is 4.74. The maximum absolute atomic E-state index is 9.06. The summed E-state index contributed by atoms with van der Waals surface area (Å²) in [5, 5.41) is 9.06. The fourth-order valence-corrected chi connectivity index (χ4v) is 1.22. The molecule has 0 amide bonds. The Morgan fingerprint density at radius 2 is 1.59 bits per heavy atom. The summed E-state index contributed by atoms with van der Waals surface area (Å²) in [5.41, 5.74) is 0. The van der Waals surface area contributed by atoms with Crippen LogP contribution in [0.1, 0.15) is 0 Å². The van der Waals surface area contributed by atoms with E-state index in [0.29, 0.717) is 6.61 Å². The largest absolute Gasteiger partial charge is 0.615 e. The molecule has 17 heavy (non-hydrogen) atoms. The normalized spacial score (nSPS) is 21.2. The Kier molecular flexibility index (Phi) is 4.16. The summed E-state index contributed by atoms with van der Waals surface area (Å²) in [6, 6.07) is 0. The van der Waals surface area contributed by atoms with Crippen molar-refractivity contribution in [1.82, 2.24) is 0 Å². The van der Waals surface area contributed by atoms with Gasteiger partial charge in [0.25, 0.3) is 0 Å². The van der Waals surface area contributed by atoms with Gasteiger partial charge in [-0.15, -0.1) is 0 Å². The smallest absolute Gasteiger partial charge is 0.403 e. The van der Waals surface area contributed by atoms with Gasteiger partial charge in [-0.25, -0.2) is 0 Å². The maximum atomic E-state index is 9.06. The lowest BCUT2D eigenvalue weighted by molar-refractivity contribution is -0.870. The van der Waals surface area contributed by atoms with Crippen molar-refractivity contribution in [1.29, 1.82) is 0 Å². The van der Waals surface area contributed by atoms with E-state index in [2.05, 4.69) is 0 Å². The van der Waals surface area contributed by atoms with E-state index in [0.717, 1.165) is 11.0 Å². The molecule has 12 heteroatoms. The summed E-state index contributed by atoms with van der Waals surface area (Å²) in [6.07, 6.45) is 0. The predicted octanol–water partition coefficient (Wildman–Crippen LogP) is -2.25. The lowest BCUT2D eigenvalue weighted by Crippen LogP contribution is -2.60. The molecule has 0 radical (unpaired) electrons. The van der Waals surface area contributed by atoms with Crippen LogP contribution in [0.2, 0.25) is 0 Å². The van der Waals surface area contributed by atoms with Gasteiger partial charge in [0.1, 0.15) is 6.54 Å².